The van der Waals surface area contributed by atoms with E-state index in [-0.39, 0.29) is 0 Å². The van der Waals surface area contributed by atoms with Gasteiger partial charge in [0.1, 0.15) is 5.40 Å². The highest BCUT2D eigenvalue weighted by Crippen LogP contribution is 2.02. The van der Waals surface area contributed by atoms with Crippen LogP contribution in [0.3, 0.4) is 0 Å². The van der Waals surface area contributed by atoms with Gasteiger partial charge in [0.25, 0.3) is 0 Å². The van der Waals surface area contributed by atoms with Crippen LogP contribution in [0.4, 0.5) is 0 Å². The molecule has 60 valence electrons. The Balaban J connectivity index is 3.59. The number of carboxylic acids is 1. The molecule has 3 nitrogen and oxygen atoms in total. The minimum atomic E-state index is -0.896. The molecule has 0 rings (SSSR count). The number of thioether (sulfide) groups is 1. The molecule has 0 spiro atoms. The van der Waals surface area contributed by atoms with Gasteiger partial charge in [-0.15, -0.1) is 0 Å². The molecule has 0 saturated carbocycles. The number of rotatable bonds is 4. The second-order valence-electron chi connectivity index (χ2n) is 1.92. The largest absolute Gasteiger partial charge is 0.478 e. The summed E-state index contributed by atoms with van der Waals surface area (Å²) in [5.74, 6) is -0.242. The standard InChI is InChI=1S/C7H9NO2S/c1-6(7(9)10)3-2-4-11-5-8/h3H,2,4H2,1H3,(H,9,10). The second kappa shape index (κ2) is 5.81. The topological polar surface area (TPSA) is 61.1 Å². The van der Waals surface area contributed by atoms with Gasteiger partial charge >= 0.3 is 5.97 Å². The molecule has 4 heteroatoms. The second-order valence-corrected chi connectivity index (χ2v) is 2.80. The minimum absolute atomic E-state index is 0.337. The maximum Gasteiger partial charge on any atom is 0.330 e. The summed E-state index contributed by atoms with van der Waals surface area (Å²) in [6.45, 7) is 1.54. The molecule has 0 fully saturated rings. The molecule has 0 aromatic rings. The predicted molar refractivity (Wildman–Crippen MR) is 44.1 cm³/mol. The Kier molecular flexibility index (Phi) is 5.30. The van der Waals surface area contributed by atoms with Crippen LogP contribution in [-0.4, -0.2) is 16.8 Å². The zero-order valence-corrected chi connectivity index (χ0v) is 7.02. The summed E-state index contributed by atoms with van der Waals surface area (Å²) in [6, 6.07) is 0. The van der Waals surface area contributed by atoms with E-state index < -0.39 is 5.97 Å². The average Bonchev–Trinajstić information content (AvgIpc) is 1.97. The van der Waals surface area contributed by atoms with Gasteiger partial charge in [0, 0.05) is 11.3 Å². The normalized spacial score (nSPS) is 10.7. The molecule has 0 aliphatic rings. The van der Waals surface area contributed by atoms with Crippen LogP contribution in [0.2, 0.25) is 0 Å². The van der Waals surface area contributed by atoms with E-state index >= 15 is 0 Å². The van der Waals surface area contributed by atoms with E-state index in [9.17, 15) is 4.79 Å². The van der Waals surface area contributed by atoms with Gasteiger partial charge in [-0.3, -0.25) is 0 Å². The summed E-state index contributed by atoms with van der Waals surface area (Å²) in [5.41, 5.74) is 0.337. The lowest BCUT2D eigenvalue weighted by Gasteiger charge is -1.90. The van der Waals surface area contributed by atoms with Crippen molar-refractivity contribution in [2.24, 2.45) is 0 Å². The number of aliphatic carboxylic acids is 1. The maximum absolute atomic E-state index is 10.2. The summed E-state index contributed by atoms with van der Waals surface area (Å²) in [5, 5.41) is 18.4. The number of carboxylic acid groups (broad SMARTS) is 1. The molecule has 0 aromatic carbocycles. The Morgan fingerprint density at radius 2 is 2.45 bits per heavy atom. The molecule has 0 aliphatic carbocycles. The Morgan fingerprint density at radius 1 is 1.82 bits per heavy atom. The van der Waals surface area contributed by atoms with Crippen LogP contribution < -0.4 is 0 Å². The van der Waals surface area contributed by atoms with Gasteiger partial charge < -0.3 is 5.11 Å². The number of allylic oxidation sites excluding steroid dienone is 1. The molecular weight excluding hydrogens is 162 g/mol. The number of nitrogens with zero attached hydrogens (tertiary/aromatic N) is 1. The number of thiocyanates is 1. The van der Waals surface area contributed by atoms with Crippen LogP contribution in [0.5, 0.6) is 0 Å². The summed E-state index contributed by atoms with van der Waals surface area (Å²) < 4.78 is 0. The van der Waals surface area contributed by atoms with Crippen molar-refractivity contribution in [3.8, 4) is 5.40 Å². The maximum atomic E-state index is 10.2. The van der Waals surface area contributed by atoms with Crippen molar-refractivity contribution in [1.82, 2.24) is 0 Å². The van der Waals surface area contributed by atoms with E-state index in [0.29, 0.717) is 17.7 Å². The van der Waals surface area contributed by atoms with E-state index in [1.807, 2.05) is 5.40 Å². The summed E-state index contributed by atoms with van der Waals surface area (Å²) in [4.78, 5) is 10.2. The zero-order chi connectivity index (χ0) is 8.69. The third-order valence-electron chi connectivity index (χ3n) is 1.07. The molecule has 0 heterocycles. The van der Waals surface area contributed by atoms with Crippen molar-refractivity contribution in [3.63, 3.8) is 0 Å². The predicted octanol–water partition coefficient (Wildman–Crippen LogP) is 1.62. The number of nitriles is 1. The number of hydrogen-bond acceptors (Lipinski definition) is 3. The van der Waals surface area contributed by atoms with Gasteiger partial charge in [0.05, 0.1) is 0 Å². The quantitative estimate of drug-likeness (QED) is 0.396. The van der Waals surface area contributed by atoms with Crippen LogP contribution in [0.1, 0.15) is 13.3 Å². The molecule has 0 unspecified atom stereocenters. The van der Waals surface area contributed by atoms with Gasteiger partial charge in [-0.05, 0) is 25.1 Å². The van der Waals surface area contributed by atoms with Crippen molar-refractivity contribution in [1.29, 1.82) is 5.26 Å². The molecule has 0 saturated heterocycles. The van der Waals surface area contributed by atoms with Gasteiger partial charge in [0.15, 0.2) is 0 Å². The summed E-state index contributed by atoms with van der Waals surface area (Å²) in [7, 11) is 0. The molecule has 1 N–H and O–H groups in total. The van der Waals surface area contributed by atoms with Crippen LogP contribution in [0.25, 0.3) is 0 Å². The van der Waals surface area contributed by atoms with Gasteiger partial charge in [-0.1, -0.05) is 6.08 Å². The van der Waals surface area contributed by atoms with Crippen molar-refractivity contribution >= 4 is 17.7 Å². The van der Waals surface area contributed by atoms with E-state index in [2.05, 4.69) is 0 Å². The molecule has 0 bridgehead atoms. The first kappa shape index (κ1) is 10.0. The highest BCUT2D eigenvalue weighted by atomic mass is 32.2. The fourth-order valence-corrected chi connectivity index (χ4v) is 0.794. The van der Waals surface area contributed by atoms with Gasteiger partial charge in [-0.2, -0.15) is 5.26 Å². The van der Waals surface area contributed by atoms with Crippen LogP contribution in [0, 0.1) is 10.7 Å². The molecule has 0 aromatic heterocycles. The van der Waals surface area contributed by atoms with Crippen molar-refractivity contribution in [2.75, 3.05) is 5.75 Å². The Morgan fingerprint density at radius 3 is 2.91 bits per heavy atom. The molecule has 11 heavy (non-hydrogen) atoms. The molecule has 0 radical (unpaired) electrons. The summed E-state index contributed by atoms with van der Waals surface area (Å²) in [6.07, 6.45) is 2.25. The van der Waals surface area contributed by atoms with Crippen LogP contribution in [0.15, 0.2) is 11.6 Å². The first-order chi connectivity index (χ1) is 5.18. The highest BCUT2D eigenvalue weighted by molar-refractivity contribution is 8.03. The fourth-order valence-electron chi connectivity index (χ4n) is 0.467. The third-order valence-corrected chi connectivity index (χ3v) is 1.64. The molecular formula is C7H9NO2S. The Hall–Kier alpha value is -0.950. The zero-order valence-electron chi connectivity index (χ0n) is 6.20. The van der Waals surface area contributed by atoms with E-state index in [1.165, 1.54) is 0 Å². The first-order valence-corrected chi connectivity index (χ1v) is 4.08. The third kappa shape index (κ3) is 5.49. The van der Waals surface area contributed by atoms with E-state index in [0.717, 1.165) is 11.8 Å². The minimum Gasteiger partial charge on any atom is -0.478 e. The first-order valence-electron chi connectivity index (χ1n) is 3.09. The van der Waals surface area contributed by atoms with E-state index in [1.54, 1.807) is 13.0 Å². The average molecular weight is 171 g/mol. The smallest absolute Gasteiger partial charge is 0.330 e. The highest BCUT2D eigenvalue weighted by Gasteiger charge is 1.97. The summed E-state index contributed by atoms with van der Waals surface area (Å²) >= 11 is 1.13. The Labute approximate surface area is 69.7 Å². The fraction of sp³-hybridized carbons (Fsp3) is 0.429. The lowest BCUT2D eigenvalue weighted by atomic mass is 10.2. The van der Waals surface area contributed by atoms with Crippen LogP contribution in [-0.2, 0) is 4.79 Å². The van der Waals surface area contributed by atoms with Gasteiger partial charge in [-0.25, -0.2) is 4.79 Å². The lowest BCUT2D eigenvalue weighted by Crippen LogP contribution is -1.95. The number of carbonyl (C=O) groups is 1. The molecule has 0 atom stereocenters. The van der Waals surface area contributed by atoms with Crippen LogP contribution >= 0.6 is 11.8 Å². The van der Waals surface area contributed by atoms with Crippen molar-refractivity contribution in [3.05, 3.63) is 11.6 Å². The van der Waals surface area contributed by atoms with Gasteiger partial charge in [0.2, 0.25) is 0 Å². The molecule has 0 aliphatic heterocycles. The SMILES string of the molecule is CC(=CCCSC#N)C(=O)O. The van der Waals surface area contributed by atoms with Crippen molar-refractivity contribution < 1.29 is 9.90 Å². The van der Waals surface area contributed by atoms with E-state index in [4.69, 9.17) is 10.4 Å². The number of hydrogen-bond donors (Lipinski definition) is 1. The lowest BCUT2D eigenvalue weighted by molar-refractivity contribution is -0.132. The Bertz CT molecular complexity index is 205. The molecule has 0 amide bonds. The van der Waals surface area contributed by atoms with Crippen molar-refractivity contribution in [2.45, 2.75) is 13.3 Å². The monoisotopic (exact) mass is 171 g/mol.